The minimum atomic E-state index is -1.28. The third-order valence-electron chi connectivity index (χ3n) is 2.40. The molecule has 1 unspecified atom stereocenters. The molecule has 5 heteroatoms. The van der Waals surface area contributed by atoms with Crippen molar-refractivity contribution in [2.75, 3.05) is 5.73 Å². The standard InChI is InChI=1S/C13H11BrFNOS/c14-10-3-1-2-9(6-10)8-18(17)13-5-4-11(15)7-12(13)16/h1-7H,8,16H2. The largest absolute Gasteiger partial charge is 0.398 e. The average Bonchev–Trinajstić information content (AvgIpc) is 2.28. The van der Waals surface area contributed by atoms with E-state index in [-0.39, 0.29) is 5.69 Å². The quantitative estimate of drug-likeness (QED) is 0.877. The summed E-state index contributed by atoms with van der Waals surface area (Å²) in [5, 5.41) is 0. The lowest BCUT2D eigenvalue weighted by Gasteiger charge is -2.06. The molecule has 2 aromatic rings. The Morgan fingerprint density at radius 3 is 2.67 bits per heavy atom. The van der Waals surface area contributed by atoms with E-state index in [1.54, 1.807) is 0 Å². The summed E-state index contributed by atoms with van der Waals surface area (Å²) in [7, 11) is -1.28. The molecule has 0 heterocycles. The molecule has 0 aliphatic rings. The first kappa shape index (κ1) is 13.2. The Morgan fingerprint density at radius 1 is 1.22 bits per heavy atom. The van der Waals surface area contributed by atoms with Crippen molar-refractivity contribution in [2.45, 2.75) is 10.6 Å². The molecule has 0 aliphatic carbocycles. The van der Waals surface area contributed by atoms with Crippen LogP contribution in [0.3, 0.4) is 0 Å². The molecule has 0 bridgehead atoms. The van der Waals surface area contributed by atoms with Crippen molar-refractivity contribution >= 4 is 32.4 Å². The first-order valence-corrected chi connectivity index (χ1v) is 7.35. The number of nitrogens with two attached hydrogens (primary N) is 1. The molecule has 0 aliphatic heterocycles. The highest BCUT2D eigenvalue weighted by atomic mass is 79.9. The number of hydrogen-bond donors (Lipinski definition) is 1. The van der Waals surface area contributed by atoms with Crippen LogP contribution < -0.4 is 5.73 Å². The molecule has 2 nitrogen and oxygen atoms in total. The third-order valence-corrected chi connectivity index (χ3v) is 4.36. The Bertz CT molecular complexity index is 603. The summed E-state index contributed by atoms with van der Waals surface area (Å²) >= 11 is 3.36. The summed E-state index contributed by atoms with van der Waals surface area (Å²) in [5.41, 5.74) is 6.83. The van der Waals surface area contributed by atoms with E-state index in [9.17, 15) is 8.60 Å². The number of benzene rings is 2. The topological polar surface area (TPSA) is 43.1 Å². The van der Waals surface area contributed by atoms with Gasteiger partial charge in [-0.2, -0.15) is 0 Å². The summed E-state index contributed by atoms with van der Waals surface area (Å²) in [6.45, 7) is 0. The van der Waals surface area contributed by atoms with Crippen LogP contribution in [0.2, 0.25) is 0 Å². The molecule has 0 spiro atoms. The van der Waals surface area contributed by atoms with Crippen molar-refractivity contribution in [1.29, 1.82) is 0 Å². The highest BCUT2D eigenvalue weighted by Crippen LogP contribution is 2.21. The zero-order chi connectivity index (χ0) is 13.1. The van der Waals surface area contributed by atoms with Gasteiger partial charge in [0.2, 0.25) is 0 Å². The minimum absolute atomic E-state index is 0.225. The van der Waals surface area contributed by atoms with Gasteiger partial charge < -0.3 is 5.73 Å². The normalized spacial score (nSPS) is 12.3. The van der Waals surface area contributed by atoms with E-state index in [0.29, 0.717) is 10.6 Å². The van der Waals surface area contributed by atoms with Gasteiger partial charge >= 0.3 is 0 Å². The molecule has 2 aromatic carbocycles. The second-order valence-electron chi connectivity index (χ2n) is 3.80. The van der Waals surface area contributed by atoms with E-state index in [1.807, 2.05) is 24.3 Å². The van der Waals surface area contributed by atoms with Crippen LogP contribution in [-0.4, -0.2) is 4.21 Å². The van der Waals surface area contributed by atoms with Crippen molar-refractivity contribution in [3.05, 3.63) is 58.3 Å². The van der Waals surface area contributed by atoms with Gasteiger partial charge in [-0.05, 0) is 35.9 Å². The van der Waals surface area contributed by atoms with Crippen LogP contribution in [-0.2, 0) is 16.6 Å². The number of halogens is 2. The Labute approximate surface area is 116 Å². The monoisotopic (exact) mass is 327 g/mol. The van der Waals surface area contributed by atoms with Crippen molar-refractivity contribution in [3.8, 4) is 0 Å². The van der Waals surface area contributed by atoms with Crippen LogP contribution in [0.15, 0.2) is 51.8 Å². The van der Waals surface area contributed by atoms with E-state index in [1.165, 1.54) is 18.2 Å². The van der Waals surface area contributed by atoms with Crippen LogP contribution in [0.5, 0.6) is 0 Å². The van der Waals surface area contributed by atoms with Gasteiger partial charge in [0.05, 0.1) is 27.1 Å². The molecular weight excluding hydrogens is 317 g/mol. The van der Waals surface area contributed by atoms with Crippen molar-refractivity contribution in [1.82, 2.24) is 0 Å². The fourth-order valence-corrected chi connectivity index (χ4v) is 3.21. The van der Waals surface area contributed by atoms with E-state index in [4.69, 9.17) is 5.73 Å². The van der Waals surface area contributed by atoms with Gasteiger partial charge in [0.15, 0.2) is 0 Å². The van der Waals surface area contributed by atoms with Gasteiger partial charge in [-0.3, -0.25) is 4.21 Å². The van der Waals surface area contributed by atoms with E-state index >= 15 is 0 Å². The van der Waals surface area contributed by atoms with Crippen LogP contribution in [0.1, 0.15) is 5.56 Å². The third kappa shape index (κ3) is 3.17. The van der Waals surface area contributed by atoms with Gasteiger partial charge in [-0.25, -0.2) is 4.39 Å². The summed E-state index contributed by atoms with van der Waals surface area (Å²) in [5.74, 6) is -0.0642. The lowest BCUT2D eigenvalue weighted by Crippen LogP contribution is -2.01. The molecular formula is C13H11BrFNOS. The molecule has 0 amide bonds. The molecule has 18 heavy (non-hydrogen) atoms. The number of anilines is 1. The Hall–Kier alpha value is -1.20. The summed E-state index contributed by atoms with van der Waals surface area (Å²) in [4.78, 5) is 0.469. The maximum absolute atomic E-state index is 12.9. The first-order valence-electron chi connectivity index (χ1n) is 5.24. The number of nitrogen functional groups attached to an aromatic ring is 1. The smallest absolute Gasteiger partial charge is 0.125 e. The predicted molar refractivity (Wildman–Crippen MR) is 75.1 cm³/mol. The van der Waals surface area contributed by atoms with Gasteiger partial charge in [0.1, 0.15) is 5.82 Å². The second-order valence-corrected chi connectivity index (χ2v) is 6.14. The zero-order valence-corrected chi connectivity index (χ0v) is 11.8. The van der Waals surface area contributed by atoms with Gasteiger partial charge in [0.25, 0.3) is 0 Å². The molecule has 2 rings (SSSR count). The second kappa shape index (κ2) is 5.63. The molecule has 0 saturated heterocycles. The maximum atomic E-state index is 12.9. The molecule has 0 radical (unpaired) electrons. The molecule has 94 valence electrons. The first-order chi connectivity index (χ1) is 8.56. The summed E-state index contributed by atoms with van der Waals surface area (Å²) < 4.78 is 26.0. The van der Waals surface area contributed by atoms with Gasteiger partial charge in [-0.1, -0.05) is 28.1 Å². The van der Waals surface area contributed by atoms with Crippen LogP contribution >= 0.6 is 15.9 Å². The lowest BCUT2D eigenvalue weighted by atomic mass is 10.2. The van der Waals surface area contributed by atoms with E-state index < -0.39 is 16.6 Å². The molecule has 0 saturated carbocycles. The molecule has 1 atom stereocenters. The van der Waals surface area contributed by atoms with E-state index in [2.05, 4.69) is 15.9 Å². The summed E-state index contributed by atoms with van der Waals surface area (Å²) in [6.07, 6.45) is 0. The van der Waals surface area contributed by atoms with Gasteiger partial charge in [0, 0.05) is 4.47 Å². The molecule has 0 fully saturated rings. The minimum Gasteiger partial charge on any atom is -0.398 e. The Balaban J connectivity index is 2.22. The van der Waals surface area contributed by atoms with Crippen molar-refractivity contribution in [2.24, 2.45) is 0 Å². The Morgan fingerprint density at radius 2 is 2.00 bits per heavy atom. The van der Waals surface area contributed by atoms with Gasteiger partial charge in [-0.15, -0.1) is 0 Å². The molecule has 0 aromatic heterocycles. The summed E-state index contributed by atoms with van der Waals surface area (Å²) in [6, 6.07) is 11.5. The predicted octanol–water partition coefficient (Wildman–Crippen LogP) is 3.48. The fraction of sp³-hybridized carbons (Fsp3) is 0.0769. The Kier molecular flexibility index (Phi) is 4.14. The SMILES string of the molecule is Nc1cc(F)ccc1S(=O)Cc1cccc(Br)c1. The van der Waals surface area contributed by atoms with Crippen molar-refractivity contribution in [3.63, 3.8) is 0 Å². The number of rotatable bonds is 3. The van der Waals surface area contributed by atoms with Crippen molar-refractivity contribution < 1.29 is 8.60 Å². The number of hydrogen-bond acceptors (Lipinski definition) is 2. The highest BCUT2D eigenvalue weighted by molar-refractivity contribution is 9.10. The average molecular weight is 328 g/mol. The van der Waals surface area contributed by atoms with Crippen LogP contribution in [0, 0.1) is 5.82 Å². The molecule has 2 N–H and O–H groups in total. The highest BCUT2D eigenvalue weighted by Gasteiger charge is 2.09. The fourth-order valence-electron chi connectivity index (χ4n) is 1.58. The zero-order valence-electron chi connectivity index (χ0n) is 9.40. The van der Waals surface area contributed by atoms with E-state index in [0.717, 1.165) is 10.0 Å². The van der Waals surface area contributed by atoms with Crippen LogP contribution in [0.4, 0.5) is 10.1 Å². The van der Waals surface area contributed by atoms with Crippen LogP contribution in [0.25, 0.3) is 0 Å². The maximum Gasteiger partial charge on any atom is 0.125 e. The lowest BCUT2D eigenvalue weighted by molar-refractivity contribution is 0.627.